The van der Waals surface area contributed by atoms with Gasteiger partial charge in [-0.2, -0.15) is 0 Å². The number of nitrogens with zero attached hydrogens (tertiary/aromatic N) is 1. The molecule has 0 saturated carbocycles. The van der Waals surface area contributed by atoms with Crippen molar-refractivity contribution in [2.45, 2.75) is 128 Å². The van der Waals surface area contributed by atoms with E-state index in [0.717, 1.165) is 0 Å². The number of carboxylic acids is 1. The van der Waals surface area contributed by atoms with Gasteiger partial charge in [-0.15, -0.1) is 0 Å². The standard InChI is InChI=1S/C31H53N3O11/c1-11-21-31(7)24(33-29(40)45-31)18(5)32-14-15(2)13-30(6,41-10)25(16(3)22(35)17(4)27(39)43-21)44-28-23(36)19(34(8)9)12-20(42-28)26(37)38/h15-21,23-25,28,32,36H,11-14H2,1-10H3,(H,33,40)(H,37,38)/t15-,16+,17?,18-,19+,20+,21-,23-,24-,25-,28+,30-,31-/m1/s1. The number of hydrogen-bond acceptors (Lipinski definition) is 12. The number of rotatable bonds is 6. The summed E-state index contributed by atoms with van der Waals surface area (Å²) in [5, 5.41) is 27.4. The Bertz CT molecular complexity index is 1090. The summed E-state index contributed by atoms with van der Waals surface area (Å²) in [7, 11) is 4.94. The molecule has 0 radical (unpaired) electrons. The average molecular weight is 644 g/mol. The van der Waals surface area contributed by atoms with E-state index >= 15 is 0 Å². The van der Waals surface area contributed by atoms with Crippen LogP contribution in [0.4, 0.5) is 4.79 Å². The molecule has 4 N–H and O–H groups in total. The summed E-state index contributed by atoms with van der Waals surface area (Å²) in [4.78, 5) is 53.6. The van der Waals surface area contributed by atoms with Gasteiger partial charge in [0, 0.05) is 31.5 Å². The van der Waals surface area contributed by atoms with E-state index in [1.54, 1.807) is 39.8 Å². The van der Waals surface area contributed by atoms with Crippen molar-refractivity contribution >= 4 is 23.8 Å². The van der Waals surface area contributed by atoms with Gasteiger partial charge in [0.05, 0.1) is 17.7 Å². The van der Waals surface area contributed by atoms with Gasteiger partial charge in [0.1, 0.15) is 18.1 Å². The quantitative estimate of drug-likeness (QED) is 0.240. The summed E-state index contributed by atoms with van der Waals surface area (Å²) in [5.74, 6) is -4.74. The number of ether oxygens (including phenoxy) is 5. The third kappa shape index (κ3) is 7.79. The van der Waals surface area contributed by atoms with Crippen LogP contribution in [0.25, 0.3) is 0 Å². The largest absolute Gasteiger partial charge is 0.479 e. The number of aliphatic carboxylic acids is 1. The predicted molar refractivity (Wildman–Crippen MR) is 161 cm³/mol. The van der Waals surface area contributed by atoms with E-state index in [9.17, 15) is 29.4 Å². The van der Waals surface area contributed by atoms with Crippen molar-refractivity contribution in [3.05, 3.63) is 0 Å². The molecule has 0 aromatic carbocycles. The number of likely N-dealkylation sites (N-methyl/N-ethyl adjacent to an activating group) is 1. The van der Waals surface area contributed by atoms with Crippen molar-refractivity contribution in [3.63, 3.8) is 0 Å². The number of methoxy groups -OCH3 is 1. The summed E-state index contributed by atoms with van der Waals surface area (Å²) in [5.41, 5.74) is -2.35. The van der Waals surface area contributed by atoms with Crippen LogP contribution in [0.3, 0.4) is 0 Å². The van der Waals surface area contributed by atoms with Gasteiger partial charge in [-0.1, -0.05) is 20.8 Å². The van der Waals surface area contributed by atoms with Crippen molar-refractivity contribution in [1.29, 1.82) is 0 Å². The number of cyclic esters (lactones) is 1. The van der Waals surface area contributed by atoms with Crippen LogP contribution in [0, 0.1) is 17.8 Å². The number of hydrogen-bond donors (Lipinski definition) is 4. The van der Waals surface area contributed by atoms with Crippen LogP contribution in [0.2, 0.25) is 0 Å². The van der Waals surface area contributed by atoms with E-state index in [0.29, 0.717) is 19.4 Å². The smallest absolute Gasteiger partial charge is 0.408 e. The third-order valence-electron chi connectivity index (χ3n) is 9.91. The lowest BCUT2D eigenvalue weighted by molar-refractivity contribution is -0.296. The van der Waals surface area contributed by atoms with E-state index < -0.39 is 89.6 Å². The fourth-order valence-corrected chi connectivity index (χ4v) is 7.10. The predicted octanol–water partition coefficient (Wildman–Crippen LogP) is 1.32. The van der Waals surface area contributed by atoms with E-state index in [4.69, 9.17) is 23.7 Å². The van der Waals surface area contributed by atoms with E-state index in [2.05, 4.69) is 10.6 Å². The number of aliphatic hydroxyl groups is 1. The van der Waals surface area contributed by atoms with E-state index in [-0.39, 0.29) is 18.4 Å². The van der Waals surface area contributed by atoms with Gasteiger partial charge in [0.2, 0.25) is 0 Å². The summed E-state index contributed by atoms with van der Waals surface area (Å²) in [6, 6.07) is -1.42. The molecule has 0 spiro atoms. The van der Waals surface area contributed by atoms with Crippen molar-refractivity contribution in [3.8, 4) is 0 Å². The molecule has 1 unspecified atom stereocenters. The fourth-order valence-electron chi connectivity index (χ4n) is 7.10. The zero-order valence-electron chi connectivity index (χ0n) is 28.2. The molecule has 3 aliphatic rings. The van der Waals surface area contributed by atoms with Crippen molar-refractivity contribution in [1.82, 2.24) is 15.5 Å². The Kier molecular flexibility index (Phi) is 12.0. The minimum absolute atomic E-state index is 0.0382. The molecule has 258 valence electrons. The Hall–Kier alpha value is -2.36. The normalized spacial score (nSPS) is 43.8. The second kappa shape index (κ2) is 14.6. The Balaban J connectivity index is 2.04. The van der Waals surface area contributed by atoms with Crippen molar-refractivity contribution in [2.24, 2.45) is 17.8 Å². The molecule has 14 heteroatoms. The molecular formula is C31H53N3O11. The first-order valence-corrected chi connectivity index (χ1v) is 15.8. The monoisotopic (exact) mass is 643 g/mol. The number of ketones is 1. The SMILES string of the molecule is CC[C@H]1OC(=O)C(C)C(=O)[C@H](C)[C@@H](O[C@@H]2O[C@H](C(=O)O)C[C@H](N(C)C)[C@H]2O)[C@](C)(OC)C[C@@H](C)CN[C@H](C)[C@H]2NC(=O)O[C@@]21C. The van der Waals surface area contributed by atoms with Crippen LogP contribution in [0.5, 0.6) is 0 Å². The molecule has 3 fully saturated rings. The summed E-state index contributed by atoms with van der Waals surface area (Å²) < 4.78 is 29.8. The van der Waals surface area contributed by atoms with Gasteiger partial charge in [-0.3, -0.25) is 9.59 Å². The van der Waals surface area contributed by atoms with Crippen LogP contribution in [-0.4, -0.2) is 127 Å². The van der Waals surface area contributed by atoms with Gasteiger partial charge in [0.25, 0.3) is 0 Å². The topological polar surface area (TPSA) is 182 Å². The highest BCUT2D eigenvalue weighted by atomic mass is 16.7. The van der Waals surface area contributed by atoms with Gasteiger partial charge < -0.3 is 49.4 Å². The third-order valence-corrected chi connectivity index (χ3v) is 9.91. The molecule has 1 amide bonds. The van der Waals surface area contributed by atoms with Crippen LogP contribution in [0.1, 0.15) is 67.7 Å². The lowest BCUT2D eigenvalue weighted by Crippen LogP contribution is -2.60. The van der Waals surface area contributed by atoms with E-state index in [1.165, 1.54) is 14.0 Å². The van der Waals surface area contributed by atoms with Crippen LogP contribution >= 0.6 is 0 Å². The summed E-state index contributed by atoms with van der Waals surface area (Å²) in [6.45, 7) is 12.8. The number of carboxylic acid groups (broad SMARTS) is 1. The molecule has 13 atom stereocenters. The maximum Gasteiger partial charge on any atom is 0.408 e. The molecule has 3 saturated heterocycles. The van der Waals surface area contributed by atoms with Gasteiger partial charge in [-0.05, 0) is 67.1 Å². The first kappa shape index (κ1) is 37.1. The second-order valence-electron chi connectivity index (χ2n) is 13.6. The van der Waals surface area contributed by atoms with Gasteiger partial charge >= 0.3 is 18.0 Å². The lowest BCUT2D eigenvalue weighted by atomic mass is 9.78. The Labute approximate surface area is 265 Å². The highest BCUT2D eigenvalue weighted by molar-refractivity contribution is 6.00. The van der Waals surface area contributed by atoms with E-state index in [1.807, 2.05) is 20.8 Å². The number of Topliss-reactive ketones (excluding diaryl/α,β-unsaturated/α-hetero) is 1. The number of alkyl carbamates (subject to hydrolysis) is 1. The fraction of sp³-hybridized carbons (Fsp3) is 0.871. The Morgan fingerprint density at radius 2 is 1.78 bits per heavy atom. The molecular weight excluding hydrogens is 590 g/mol. The molecule has 0 bridgehead atoms. The second-order valence-corrected chi connectivity index (χ2v) is 13.6. The zero-order valence-corrected chi connectivity index (χ0v) is 28.2. The van der Waals surface area contributed by atoms with Crippen molar-refractivity contribution < 1.29 is 53.1 Å². The minimum atomic E-state index is -1.40. The Morgan fingerprint density at radius 1 is 1.13 bits per heavy atom. The van der Waals surface area contributed by atoms with Crippen LogP contribution in [-0.2, 0) is 38.1 Å². The molecule has 3 heterocycles. The highest BCUT2D eigenvalue weighted by Gasteiger charge is 2.55. The molecule has 3 aliphatic heterocycles. The maximum atomic E-state index is 14.0. The number of nitrogens with one attached hydrogen (secondary N) is 2. The average Bonchev–Trinajstić information content (AvgIpc) is 3.30. The first-order chi connectivity index (χ1) is 20.9. The number of carbonyl (C=O) groups is 4. The molecule has 0 aliphatic carbocycles. The zero-order chi connectivity index (χ0) is 34.0. The van der Waals surface area contributed by atoms with Crippen LogP contribution in [0.15, 0.2) is 0 Å². The number of esters is 1. The minimum Gasteiger partial charge on any atom is -0.479 e. The Morgan fingerprint density at radius 3 is 2.33 bits per heavy atom. The maximum absolute atomic E-state index is 14.0. The summed E-state index contributed by atoms with van der Waals surface area (Å²) >= 11 is 0. The lowest BCUT2D eigenvalue weighted by Gasteiger charge is -2.46. The summed E-state index contributed by atoms with van der Waals surface area (Å²) in [6.07, 6.45) is -5.67. The number of aliphatic hydroxyl groups excluding tert-OH is 1. The van der Waals surface area contributed by atoms with Gasteiger partial charge in [0.15, 0.2) is 23.8 Å². The molecule has 3 rings (SSSR count). The van der Waals surface area contributed by atoms with Crippen molar-refractivity contribution in [2.75, 3.05) is 27.7 Å². The van der Waals surface area contributed by atoms with Crippen LogP contribution < -0.4 is 10.6 Å². The number of carbonyl (C=O) groups excluding carboxylic acids is 3. The molecule has 0 aromatic heterocycles. The van der Waals surface area contributed by atoms with Gasteiger partial charge in [-0.25, -0.2) is 9.59 Å². The molecule has 14 nitrogen and oxygen atoms in total. The number of fused-ring (bicyclic) bond motifs is 1. The molecule has 0 aromatic rings. The first-order valence-electron chi connectivity index (χ1n) is 15.8. The highest BCUT2D eigenvalue weighted by Crippen LogP contribution is 2.37. The number of amides is 1. The molecule has 45 heavy (non-hydrogen) atoms.